The summed E-state index contributed by atoms with van der Waals surface area (Å²) in [7, 11) is 0. The number of nitrogens with zero attached hydrogens (tertiary/aromatic N) is 2. The standard InChI is InChI=1S/C37H46N2O9/c1-35(2,3)46-33(43)22-37(23-34(44)47-36(4,5)6)21-30(38-48-37)29-20-27(45-24-25-10-8-7-9-11-25)12-13-28(29)26-16-18-39(19-17-26)31(40)14-15-32(41)42/h7-13,16,20H,14-15,17-19,21-24H2,1-6H3,(H,41,42). The molecule has 2 aliphatic heterocycles. The lowest BCUT2D eigenvalue weighted by Crippen LogP contribution is -2.39. The number of hydrogen-bond acceptors (Lipinski definition) is 9. The van der Waals surface area contributed by atoms with Gasteiger partial charge in [-0.15, -0.1) is 0 Å². The Kier molecular flexibility index (Phi) is 11.3. The first-order valence-corrected chi connectivity index (χ1v) is 16.2. The highest BCUT2D eigenvalue weighted by molar-refractivity contribution is 6.06. The Hall–Kier alpha value is -4.67. The molecule has 0 radical (unpaired) electrons. The van der Waals surface area contributed by atoms with Crippen molar-refractivity contribution in [1.82, 2.24) is 4.90 Å². The lowest BCUT2D eigenvalue weighted by atomic mass is 9.85. The molecule has 0 aromatic heterocycles. The minimum Gasteiger partial charge on any atom is -0.489 e. The van der Waals surface area contributed by atoms with Crippen LogP contribution in [0.1, 0.15) is 96.8 Å². The summed E-state index contributed by atoms with van der Waals surface area (Å²) in [4.78, 5) is 57.4. The number of ether oxygens (including phenoxy) is 3. The van der Waals surface area contributed by atoms with Crippen LogP contribution in [0.5, 0.6) is 5.75 Å². The van der Waals surface area contributed by atoms with Crippen LogP contribution in [0, 0.1) is 0 Å². The average Bonchev–Trinajstić information content (AvgIpc) is 3.40. The number of amides is 1. The van der Waals surface area contributed by atoms with E-state index in [0.717, 1.165) is 16.7 Å². The van der Waals surface area contributed by atoms with Crippen LogP contribution in [0.15, 0.2) is 59.8 Å². The first-order valence-electron chi connectivity index (χ1n) is 16.2. The van der Waals surface area contributed by atoms with Gasteiger partial charge in [-0.2, -0.15) is 0 Å². The minimum absolute atomic E-state index is 0.0528. The van der Waals surface area contributed by atoms with Gasteiger partial charge in [-0.05, 0) is 76.8 Å². The van der Waals surface area contributed by atoms with Gasteiger partial charge in [0.05, 0.1) is 25.0 Å². The number of carbonyl (C=O) groups is 4. The summed E-state index contributed by atoms with van der Waals surface area (Å²) in [6, 6.07) is 15.5. The lowest BCUT2D eigenvalue weighted by molar-refractivity contribution is -0.169. The zero-order chi connectivity index (χ0) is 35.1. The normalized spacial score (nSPS) is 15.9. The van der Waals surface area contributed by atoms with Crippen LogP contribution < -0.4 is 4.74 Å². The van der Waals surface area contributed by atoms with E-state index in [1.165, 1.54) is 0 Å². The van der Waals surface area contributed by atoms with E-state index in [4.69, 9.17) is 24.2 Å². The van der Waals surface area contributed by atoms with Gasteiger partial charge in [0.1, 0.15) is 23.6 Å². The van der Waals surface area contributed by atoms with E-state index in [1.807, 2.05) is 54.6 Å². The monoisotopic (exact) mass is 662 g/mol. The quantitative estimate of drug-likeness (QED) is 0.268. The number of rotatable bonds is 12. The van der Waals surface area contributed by atoms with E-state index in [1.54, 1.807) is 46.4 Å². The predicted octanol–water partition coefficient (Wildman–Crippen LogP) is 6.07. The van der Waals surface area contributed by atoms with E-state index >= 15 is 0 Å². The van der Waals surface area contributed by atoms with Crippen LogP contribution in [-0.4, -0.2) is 69.4 Å². The Bertz CT molecular complexity index is 1540. The number of benzene rings is 2. The molecule has 0 aliphatic carbocycles. The highest BCUT2D eigenvalue weighted by Gasteiger charge is 2.46. The molecule has 11 nitrogen and oxygen atoms in total. The SMILES string of the molecule is CC(C)(C)OC(=O)CC1(CC(=O)OC(C)(C)C)CC(c2cc(OCc3ccccc3)ccc2C2=CCN(C(=O)CCC(=O)O)CC2)=NO1. The Morgan fingerprint density at radius 1 is 0.896 bits per heavy atom. The van der Waals surface area contributed by atoms with Crippen molar-refractivity contribution in [3.05, 3.63) is 71.3 Å². The van der Waals surface area contributed by atoms with E-state index < -0.39 is 34.7 Å². The van der Waals surface area contributed by atoms with Gasteiger partial charge in [-0.1, -0.05) is 47.6 Å². The first-order chi connectivity index (χ1) is 22.5. The van der Waals surface area contributed by atoms with Crippen LogP contribution in [0.25, 0.3) is 5.57 Å². The topological polar surface area (TPSA) is 141 Å². The molecule has 0 spiro atoms. The molecule has 0 atom stereocenters. The van der Waals surface area contributed by atoms with Crippen LogP contribution in [0.3, 0.4) is 0 Å². The Balaban J connectivity index is 1.64. The second-order valence-electron chi connectivity index (χ2n) is 14.2. The van der Waals surface area contributed by atoms with Gasteiger partial charge in [-0.3, -0.25) is 19.2 Å². The Morgan fingerprint density at radius 2 is 1.54 bits per heavy atom. The summed E-state index contributed by atoms with van der Waals surface area (Å²) in [6.07, 6.45) is 1.92. The molecule has 1 N–H and O–H groups in total. The van der Waals surface area contributed by atoms with Crippen LogP contribution in [-0.2, 0) is 40.1 Å². The third kappa shape index (κ3) is 10.7. The maximum atomic E-state index is 13.1. The summed E-state index contributed by atoms with van der Waals surface area (Å²) in [5, 5.41) is 13.4. The van der Waals surface area contributed by atoms with Gasteiger partial charge >= 0.3 is 17.9 Å². The summed E-state index contributed by atoms with van der Waals surface area (Å²) >= 11 is 0. The maximum Gasteiger partial charge on any atom is 0.310 e. The average molecular weight is 663 g/mol. The van der Waals surface area contributed by atoms with Crippen LogP contribution in [0.4, 0.5) is 0 Å². The van der Waals surface area contributed by atoms with Gasteiger partial charge in [-0.25, -0.2) is 0 Å². The number of oxime groups is 1. The molecule has 2 aromatic rings. The smallest absolute Gasteiger partial charge is 0.310 e. The van der Waals surface area contributed by atoms with Crippen LogP contribution >= 0.6 is 0 Å². The highest BCUT2D eigenvalue weighted by atomic mass is 16.7. The molecule has 48 heavy (non-hydrogen) atoms. The van der Waals surface area contributed by atoms with Gasteiger partial charge in [0, 0.05) is 31.5 Å². The third-order valence-corrected chi connectivity index (χ3v) is 7.62. The second-order valence-corrected chi connectivity index (χ2v) is 14.2. The Labute approximate surface area is 281 Å². The summed E-state index contributed by atoms with van der Waals surface area (Å²) in [5.74, 6) is -1.67. The predicted molar refractivity (Wildman–Crippen MR) is 179 cm³/mol. The van der Waals surface area contributed by atoms with Crippen molar-refractivity contribution in [2.45, 2.75) is 103 Å². The molecular weight excluding hydrogens is 616 g/mol. The highest BCUT2D eigenvalue weighted by Crippen LogP contribution is 2.38. The molecule has 2 aromatic carbocycles. The molecule has 258 valence electrons. The van der Waals surface area contributed by atoms with E-state index in [0.29, 0.717) is 43.1 Å². The van der Waals surface area contributed by atoms with E-state index in [2.05, 4.69) is 5.16 Å². The van der Waals surface area contributed by atoms with Crippen LogP contribution in [0.2, 0.25) is 0 Å². The van der Waals surface area contributed by atoms with Gasteiger partial charge in [0.2, 0.25) is 5.91 Å². The maximum absolute atomic E-state index is 13.1. The molecule has 0 saturated carbocycles. The molecular formula is C37H46N2O9. The lowest BCUT2D eigenvalue weighted by Gasteiger charge is -2.29. The molecule has 4 rings (SSSR count). The number of esters is 2. The number of carboxylic acid groups (broad SMARTS) is 1. The zero-order valence-electron chi connectivity index (χ0n) is 28.7. The number of carboxylic acids is 1. The summed E-state index contributed by atoms with van der Waals surface area (Å²) in [5.41, 5.74) is 1.28. The molecule has 2 aliphatic rings. The van der Waals surface area contributed by atoms with Gasteiger partial charge in [0.25, 0.3) is 0 Å². The molecule has 2 heterocycles. The van der Waals surface area contributed by atoms with E-state index in [9.17, 15) is 19.2 Å². The third-order valence-electron chi connectivity index (χ3n) is 7.62. The Morgan fingerprint density at radius 3 is 2.10 bits per heavy atom. The fraction of sp³-hybridized carbons (Fsp3) is 0.486. The number of aliphatic carboxylic acids is 1. The van der Waals surface area contributed by atoms with Crippen molar-refractivity contribution < 1.29 is 43.3 Å². The summed E-state index contributed by atoms with van der Waals surface area (Å²) in [6.45, 7) is 11.8. The second kappa shape index (κ2) is 15.0. The van der Waals surface area contributed by atoms with Crippen molar-refractivity contribution in [2.75, 3.05) is 13.1 Å². The van der Waals surface area contributed by atoms with Gasteiger partial charge in [0.15, 0.2) is 5.60 Å². The molecule has 11 heteroatoms. The fourth-order valence-electron chi connectivity index (χ4n) is 5.58. The van der Waals surface area contributed by atoms with Crippen molar-refractivity contribution in [2.24, 2.45) is 5.16 Å². The largest absolute Gasteiger partial charge is 0.489 e. The van der Waals surface area contributed by atoms with Crippen molar-refractivity contribution in [3.63, 3.8) is 0 Å². The van der Waals surface area contributed by atoms with Crippen molar-refractivity contribution >= 4 is 35.1 Å². The number of hydrogen-bond donors (Lipinski definition) is 1. The number of carbonyl (C=O) groups excluding carboxylic acids is 3. The molecule has 0 bridgehead atoms. The molecule has 0 unspecified atom stereocenters. The zero-order valence-corrected chi connectivity index (χ0v) is 28.7. The fourth-order valence-corrected chi connectivity index (χ4v) is 5.58. The van der Waals surface area contributed by atoms with Crippen molar-refractivity contribution in [3.8, 4) is 5.75 Å². The summed E-state index contributed by atoms with van der Waals surface area (Å²) < 4.78 is 17.4. The minimum atomic E-state index is -1.33. The molecule has 0 saturated heterocycles. The first kappa shape index (κ1) is 36.2. The molecule has 0 fully saturated rings. The van der Waals surface area contributed by atoms with E-state index in [-0.39, 0.29) is 38.0 Å². The van der Waals surface area contributed by atoms with Crippen molar-refractivity contribution in [1.29, 1.82) is 0 Å². The van der Waals surface area contributed by atoms with Gasteiger partial charge < -0.3 is 29.1 Å². The molecule has 1 amide bonds.